The van der Waals surface area contributed by atoms with Crippen LogP contribution in [0.1, 0.15) is 5.56 Å². The lowest BCUT2D eigenvalue weighted by molar-refractivity contribution is 0.275. The zero-order valence-electron chi connectivity index (χ0n) is 9.69. The molecule has 0 aliphatic rings. The molecule has 0 spiro atoms. The number of allylic oxidation sites excluding steroid dienone is 2. The molecule has 0 radical (unpaired) electrons. The molecule has 17 heavy (non-hydrogen) atoms. The molecular weight excluding hydrogens is 236 g/mol. The van der Waals surface area contributed by atoms with Crippen LogP contribution in [0, 0.1) is 0 Å². The van der Waals surface area contributed by atoms with Gasteiger partial charge in [-0.15, -0.1) is 0 Å². The van der Waals surface area contributed by atoms with Crippen LogP contribution in [0.5, 0.6) is 0 Å². The molecule has 90 valence electrons. The van der Waals surface area contributed by atoms with Crippen LogP contribution in [0.2, 0.25) is 5.02 Å². The monoisotopic (exact) mass is 250 g/mol. The average molecular weight is 251 g/mol. The number of hydrogen-bond donors (Lipinski definition) is 1. The van der Waals surface area contributed by atoms with Crippen LogP contribution in [-0.4, -0.2) is 18.8 Å². The molecule has 0 unspecified atom stereocenters. The Bertz CT molecular complexity index is 430. The van der Waals surface area contributed by atoms with Gasteiger partial charge in [0.05, 0.1) is 13.7 Å². The minimum Gasteiger partial charge on any atom is -0.496 e. The maximum Gasteiger partial charge on any atom is 0.124 e. The summed E-state index contributed by atoms with van der Waals surface area (Å²) >= 11 is 5.81. The minimum absolute atomic E-state index is 0.0979. The Morgan fingerprint density at radius 2 is 2.06 bits per heavy atom. The lowest BCUT2D eigenvalue weighted by atomic mass is 10.1. The van der Waals surface area contributed by atoms with Crippen LogP contribution in [0.3, 0.4) is 0 Å². The number of aliphatic hydroxyl groups excluding tert-OH is 1. The summed E-state index contributed by atoms with van der Waals surface area (Å²) in [7, 11) is 1.56. The third kappa shape index (κ3) is 4.10. The fourth-order valence-electron chi connectivity index (χ4n) is 1.35. The van der Waals surface area contributed by atoms with Gasteiger partial charge in [-0.25, -0.2) is 0 Å². The van der Waals surface area contributed by atoms with Gasteiger partial charge >= 0.3 is 0 Å². The lowest BCUT2D eigenvalue weighted by Crippen LogP contribution is -1.97. The van der Waals surface area contributed by atoms with Crippen LogP contribution in [0.4, 0.5) is 0 Å². The fourth-order valence-corrected chi connectivity index (χ4v) is 1.47. The first kappa shape index (κ1) is 13.6. The third-order valence-electron chi connectivity index (χ3n) is 2.19. The smallest absolute Gasteiger partial charge is 0.124 e. The molecule has 1 aromatic carbocycles. The van der Waals surface area contributed by atoms with Gasteiger partial charge in [0.15, 0.2) is 0 Å². The highest BCUT2D eigenvalue weighted by Crippen LogP contribution is 2.17. The van der Waals surface area contributed by atoms with Crippen LogP contribution >= 0.6 is 11.6 Å². The molecule has 0 saturated heterocycles. The van der Waals surface area contributed by atoms with Crippen molar-refractivity contribution < 1.29 is 9.84 Å². The molecule has 0 aliphatic carbocycles. The molecule has 0 atom stereocenters. The molecule has 1 rings (SSSR count). The van der Waals surface area contributed by atoms with Crippen molar-refractivity contribution in [2.75, 3.05) is 13.7 Å². The molecule has 3 heteroatoms. The molecule has 0 bridgehead atoms. The number of ether oxygens (including phenoxy) is 1. The largest absolute Gasteiger partial charge is 0.496 e. The molecule has 0 fully saturated rings. The Labute approximate surface area is 106 Å². The van der Waals surface area contributed by atoms with Crippen molar-refractivity contribution >= 4 is 17.7 Å². The second-order valence-corrected chi connectivity index (χ2v) is 3.79. The van der Waals surface area contributed by atoms with E-state index in [0.717, 1.165) is 5.56 Å². The molecule has 0 aliphatic heterocycles. The van der Waals surface area contributed by atoms with Crippen LogP contribution in [0.15, 0.2) is 54.3 Å². The van der Waals surface area contributed by atoms with Gasteiger partial charge in [-0.05, 0) is 23.8 Å². The van der Waals surface area contributed by atoms with Crippen molar-refractivity contribution in [2.45, 2.75) is 0 Å². The van der Waals surface area contributed by atoms with E-state index in [0.29, 0.717) is 16.4 Å². The normalized spacial score (nSPS) is 12.4. The van der Waals surface area contributed by atoms with Gasteiger partial charge in [0.1, 0.15) is 5.76 Å². The molecular formula is C14H15ClO2. The highest BCUT2D eigenvalue weighted by atomic mass is 35.5. The fraction of sp³-hybridized carbons (Fsp3) is 0.143. The number of benzene rings is 1. The predicted octanol–water partition coefficient (Wildman–Crippen LogP) is 3.43. The van der Waals surface area contributed by atoms with Gasteiger partial charge in [0, 0.05) is 10.6 Å². The first-order chi connectivity index (χ1) is 8.21. The van der Waals surface area contributed by atoms with E-state index in [4.69, 9.17) is 16.3 Å². The van der Waals surface area contributed by atoms with Gasteiger partial charge in [0.2, 0.25) is 0 Å². The molecule has 0 heterocycles. The summed E-state index contributed by atoms with van der Waals surface area (Å²) in [6, 6.07) is 7.36. The van der Waals surface area contributed by atoms with E-state index in [1.807, 2.05) is 18.2 Å². The van der Waals surface area contributed by atoms with Crippen molar-refractivity contribution in [3.8, 4) is 0 Å². The summed E-state index contributed by atoms with van der Waals surface area (Å²) in [6.45, 7) is 3.50. The van der Waals surface area contributed by atoms with E-state index in [1.165, 1.54) is 0 Å². The maximum absolute atomic E-state index is 9.22. The molecule has 2 nitrogen and oxygen atoms in total. The number of halogens is 1. The zero-order valence-corrected chi connectivity index (χ0v) is 10.4. The van der Waals surface area contributed by atoms with Crippen molar-refractivity contribution in [3.05, 3.63) is 64.9 Å². The second-order valence-electron chi connectivity index (χ2n) is 3.35. The number of rotatable bonds is 5. The summed E-state index contributed by atoms with van der Waals surface area (Å²) in [5, 5.41) is 9.91. The van der Waals surface area contributed by atoms with Crippen molar-refractivity contribution in [3.63, 3.8) is 0 Å². The van der Waals surface area contributed by atoms with E-state index in [2.05, 4.69) is 6.58 Å². The van der Waals surface area contributed by atoms with Crippen molar-refractivity contribution in [2.24, 2.45) is 0 Å². The quantitative estimate of drug-likeness (QED) is 0.641. The van der Waals surface area contributed by atoms with Gasteiger partial charge in [0.25, 0.3) is 0 Å². The Balaban J connectivity index is 3.04. The maximum atomic E-state index is 9.22. The topological polar surface area (TPSA) is 29.5 Å². The van der Waals surface area contributed by atoms with Gasteiger partial charge in [-0.3, -0.25) is 0 Å². The third-order valence-corrected chi connectivity index (χ3v) is 2.45. The highest BCUT2D eigenvalue weighted by molar-refractivity contribution is 6.30. The van der Waals surface area contributed by atoms with E-state index >= 15 is 0 Å². The van der Waals surface area contributed by atoms with Gasteiger partial charge < -0.3 is 9.84 Å². The van der Waals surface area contributed by atoms with Gasteiger partial charge in [-0.2, -0.15) is 0 Å². The highest BCUT2D eigenvalue weighted by Gasteiger charge is 2.03. The van der Waals surface area contributed by atoms with Crippen molar-refractivity contribution in [1.82, 2.24) is 0 Å². The number of methoxy groups -OCH3 is 1. The molecule has 0 aromatic heterocycles. The summed E-state index contributed by atoms with van der Waals surface area (Å²) in [5.41, 5.74) is 1.63. The first-order valence-corrected chi connectivity index (χ1v) is 5.53. The lowest BCUT2D eigenvalue weighted by Gasteiger charge is -2.08. The summed E-state index contributed by atoms with van der Waals surface area (Å²) < 4.78 is 5.24. The van der Waals surface area contributed by atoms with Crippen molar-refractivity contribution in [1.29, 1.82) is 0 Å². The Morgan fingerprint density at radius 3 is 2.53 bits per heavy atom. The van der Waals surface area contributed by atoms with Crippen LogP contribution in [0.25, 0.3) is 6.08 Å². The summed E-state index contributed by atoms with van der Waals surface area (Å²) in [4.78, 5) is 0. The Kier molecular flexibility index (Phi) is 5.53. The SMILES string of the molecule is C=C/C=C(CO)\C(=C\c1ccc(Cl)cc1)OC. The number of aliphatic hydroxyl groups is 1. The molecule has 0 saturated carbocycles. The van der Waals surface area contributed by atoms with E-state index in [-0.39, 0.29) is 6.61 Å². The molecule has 1 aromatic rings. The Hall–Kier alpha value is -1.51. The Morgan fingerprint density at radius 1 is 1.41 bits per heavy atom. The van der Waals surface area contributed by atoms with E-state index < -0.39 is 0 Å². The molecule has 1 N–H and O–H groups in total. The van der Waals surface area contributed by atoms with Crippen LogP contribution in [-0.2, 0) is 4.74 Å². The predicted molar refractivity (Wildman–Crippen MR) is 71.8 cm³/mol. The van der Waals surface area contributed by atoms with E-state index in [9.17, 15) is 5.11 Å². The van der Waals surface area contributed by atoms with Crippen LogP contribution < -0.4 is 0 Å². The standard InChI is InChI=1S/C14H15ClO2/c1-3-4-12(10-16)14(17-2)9-11-5-7-13(15)8-6-11/h3-9,16H,1,10H2,2H3/b12-4-,14-9-. The molecule has 0 amide bonds. The second kappa shape index (κ2) is 6.94. The van der Waals surface area contributed by atoms with Gasteiger partial charge in [-0.1, -0.05) is 42.5 Å². The summed E-state index contributed by atoms with van der Waals surface area (Å²) in [5.74, 6) is 0.606. The zero-order chi connectivity index (χ0) is 12.7. The summed E-state index contributed by atoms with van der Waals surface area (Å²) in [6.07, 6.45) is 5.16. The van der Waals surface area contributed by atoms with E-state index in [1.54, 1.807) is 31.4 Å². The first-order valence-electron chi connectivity index (χ1n) is 5.15. The average Bonchev–Trinajstić information content (AvgIpc) is 2.36. The number of hydrogen-bond acceptors (Lipinski definition) is 2. The minimum atomic E-state index is -0.0979.